The number of nitrogens with zero attached hydrogens (tertiary/aromatic N) is 1. The van der Waals surface area contributed by atoms with Gasteiger partial charge in [0, 0.05) is 12.1 Å². The van der Waals surface area contributed by atoms with Crippen molar-refractivity contribution in [1.82, 2.24) is 4.98 Å². The number of amides is 1. The van der Waals surface area contributed by atoms with Gasteiger partial charge in [-0.15, -0.1) is 0 Å². The van der Waals surface area contributed by atoms with Crippen LogP contribution in [-0.2, 0) is 4.79 Å². The predicted molar refractivity (Wildman–Crippen MR) is 47.7 cm³/mol. The Labute approximate surface area is 76.0 Å². The van der Waals surface area contributed by atoms with E-state index in [2.05, 4.69) is 10.3 Å². The zero-order valence-electron chi connectivity index (χ0n) is 7.54. The molecule has 0 radical (unpaired) electrons. The minimum atomic E-state index is -0.517. The van der Waals surface area contributed by atoms with Crippen LogP contribution in [-0.4, -0.2) is 10.9 Å². The van der Waals surface area contributed by atoms with Crippen molar-refractivity contribution in [2.75, 3.05) is 5.32 Å². The lowest BCUT2D eigenvalue weighted by molar-refractivity contribution is -0.118. The predicted octanol–water partition coefficient (Wildman–Crippen LogP) is 1.82. The second-order valence-electron chi connectivity index (χ2n) is 3.00. The maximum Gasteiger partial charge on any atom is 0.227 e. The first-order valence-electron chi connectivity index (χ1n) is 4.01. The molecule has 0 saturated carbocycles. The monoisotopic (exact) mass is 182 g/mol. The van der Waals surface area contributed by atoms with Crippen molar-refractivity contribution >= 4 is 11.6 Å². The summed E-state index contributed by atoms with van der Waals surface area (Å²) in [7, 11) is 0. The van der Waals surface area contributed by atoms with Crippen molar-refractivity contribution in [2.24, 2.45) is 5.92 Å². The summed E-state index contributed by atoms with van der Waals surface area (Å²) in [6.45, 7) is 3.49. The molecule has 1 heterocycles. The van der Waals surface area contributed by atoms with E-state index in [1.807, 2.05) is 0 Å². The Bertz CT molecular complexity index is 312. The fraction of sp³-hybridized carbons (Fsp3) is 0.333. The summed E-state index contributed by atoms with van der Waals surface area (Å²) >= 11 is 0. The van der Waals surface area contributed by atoms with Crippen LogP contribution in [0, 0.1) is 11.7 Å². The zero-order chi connectivity index (χ0) is 9.84. The van der Waals surface area contributed by atoms with E-state index in [-0.39, 0.29) is 17.5 Å². The minimum Gasteiger partial charge on any atom is -0.323 e. The van der Waals surface area contributed by atoms with Crippen molar-refractivity contribution in [3.05, 3.63) is 24.3 Å². The molecular formula is C9H11FN2O. The fourth-order valence-corrected chi connectivity index (χ4v) is 0.754. The summed E-state index contributed by atoms with van der Waals surface area (Å²) in [5, 5.41) is 2.46. The molecule has 0 atom stereocenters. The third kappa shape index (κ3) is 2.50. The van der Waals surface area contributed by atoms with Crippen molar-refractivity contribution in [3.63, 3.8) is 0 Å². The fourth-order valence-electron chi connectivity index (χ4n) is 0.754. The maximum absolute atomic E-state index is 12.9. The third-order valence-electron chi connectivity index (χ3n) is 1.55. The molecule has 0 unspecified atom stereocenters. The van der Waals surface area contributed by atoms with Gasteiger partial charge in [0.25, 0.3) is 0 Å². The number of rotatable bonds is 2. The van der Waals surface area contributed by atoms with Crippen LogP contribution in [0.25, 0.3) is 0 Å². The molecule has 13 heavy (non-hydrogen) atoms. The number of hydrogen-bond acceptors (Lipinski definition) is 2. The highest BCUT2D eigenvalue weighted by molar-refractivity contribution is 5.92. The highest BCUT2D eigenvalue weighted by Crippen LogP contribution is 2.11. The summed E-state index contributed by atoms with van der Waals surface area (Å²) < 4.78 is 12.9. The summed E-state index contributed by atoms with van der Waals surface area (Å²) in [5.41, 5.74) is 0.175. The molecule has 0 aliphatic carbocycles. The van der Waals surface area contributed by atoms with E-state index < -0.39 is 5.82 Å². The van der Waals surface area contributed by atoms with Gasteiger partial charge in [-0.25, -0.2) is 4.39 Å². The Hall–Kier alpha value is -1.45. The summed E-state index contributed by atoms with van der Waals surface area (Å²) in [5.74, 6) is -0.880. The molecule has 1 aromatic heterocycles. The number of pyridine rings is 1. The van der Waals surface area contributed by atoms with Gasteiger partial charge in [-0.1, -0.05) is 13.8 Å². The molecule has 0 saturated heterocycles. The molecule has 1 amide bonds. The highest BCUT2D eigenvalue weighted by atomic mass is 19.1. The van der Waals surface area contributed by atoms with Gasteiger partial charge in [-0.05, 0) is 6.07 Å². The zero-order valence-corrected chi connectivity index (χ0v) is 7.54. The van der Waals surface area contributed by atoms with Gasteiger partial charge in [0.2, 0.25) is 5.91 Å². The molecular weight excluding hydrogens is 171 g/mol. The average molecular weight is 182 g/mol. The molecule has 0 fully saturated rings. The SMILES string of the molecule is CC(C)C(=O)Nc1ccncc1F. The average Bonchev–Trinajstić information content (AvgIpc) is 2.08. The molecule has 0 aliphatic rings. The van der Waals surface area contributed by atoms with Crippen LogP contribution in [0.15, 0.2) is 18.5 Å². The van der Waals surface area contributed by atoms with Crippen molar-refractivity contribution < 1.29 is 9.18 Å². The number of carbonyl (C=O) groups is 1. The van der Waals surface area contributed by atoms with Gasteiger partial charge < -0.3 is 5.32 Å². The molecule has 1 aromatic rings. The summed E-state index contributed by atoms with van der Waals surface area (Å²) in [4.78, 5) is 14.7. The smallest absolute Gasteiger partial charge is 0.227 e. The van der Waals surface area contributed by atoms with Gasteiger partial charge in [0.05, 0.1) is 11.9 Å². The lowest BCUT2D eigenvalue weighted by Crippen LogP contribution is -2.18. The first-order chi connectivity index (χ1) is 6.11. The van der Waals surface area contributed by atoms with Crippen molar-refractivity contribution in [2.45, 2.75) is 13.8 Å². The van der Waals surface area contributed by atoms with E-state index in [1.54, 1.807) is 13.8 Å². The molecule has 0 aliphatic heterocycles. The summed E-state index contributed by atoms with van der Waals surface area (Å²) in [6, 6.07) is 1.43. The first kappa shape index (κ1) is 9.64. The van der Waals surface area contributed by atoms with Crippen LogP contribution < -0.4 is 5.32 Å². The first-order valence-corrected chi connectivity index (χ1v) is 4.01. The van der Waals surface area contributed by atoms with Crippen molar-refractivity contribution in [3.8, 4) is 0 Å². The van der Waals surface area contributed by atoms with Crippen LogP contribution in [0.2, 0.25) is 0 Å². The quantitative estimate of drug-likeness (QED) is 0.757. The Morgan fingerprint density at radius 1 is 1.62 bits per heavy atom. The van der Waals surface area contributed by atoms with Gasteiger partial charge >= 0.3 is 0 Å². The number of halogens is 1. The maximum atomic E-state index is 12.9. The minimum absolute atomic E-state index is 0.160. The van der Waals surface area contributed by atoms with E-state index in [1.165, 1.54) is 12.3 Å². The van der Waals surface area contributed by atoms with Crippen LogP contribution in [0.5, 0.6) is 0 Å². The molecule has 1 N–H and O–H groups in total. The molecule has 1 rings (SSSR count). The van der Waals surface area contributed by atoms with E-state index in [0.29, 0.717) is 0 Å². The molecule has 0 spiro atoms. The van der Waals surface area contributed by atoms with E-state index in [0.717, 1.165) is 6.20 Å². The van der Waals surface area contributed by atoms with Crippen LogP contribution in [0.3, 0.4) is 0 Å². The Morgan fingerprint density at radius 3 is 2.85 bits per heavy atom. The van der Waals surface area contributed by atoms with Crippen LogP contribution in [0.1, 0.15) is 13.8 Å². The molecule has 0 bridgehead atoms. The van der Waals surface area contributed by atoms with Gasteiger partial charge in [-0.2, -0.15) is 0 Å². The topological polar surface area (TPSA) is 42.0 Å². The van der Waals surface area contributed by atoms with Gasteiger partial charge in [-0.3, -0.25) is 9.78 Å². The van der Waals surface area contributed by atoms with E-state index in [9.17, 15) is 9.18 Å². The Kier molecular flexibility index (Phi) is 2.95. The van der Waals surface area contributed by atoms with Crippen molar-refractivity contribution in [1.29, 1.82) is 0 Å². The lowest BCUT2D eigenvalue weighted by atomic mass is 10.2. The Balaban J connectivity index is 2.75. The number of anilines is 1. The normalized spacial score (nSPS) is 10.2. The molecule has 70 valence electrons. The molecule has 3 nitrogen and oxygen atoms in total. The second-order valence-corrected chi connectivity index (χ2v) is 3.00. The Morgan fingerprint density at radius 2 is 2.31 bits per heavy atom. The summed E-state index contributed by atoms with van der Waals surface area (Å²) in [6.07, 6.45) is 2.50. The largest absolute Gasteiger partial charge is 0.323 e. The van der Waals surface area contributed by atoms with Gasteiger partial charge in [0.1, 0.15) is 0 Å². The molecule has 0 aromatic carbocycles. The standard InChI is InChI=1S/C9H11FN2O/c1-6(2)9(13)12-8-3-4-11-5-7(8)10/h3-6H,1-2H3,(H,11,12,13). The van der Waals surface area contributed by atoms with Crippen LogP contribution >= 0.6 is 0 Å². The highest BCUT2D eigenvalue weighted by Gasteiger charge is 2.09. The van der Waals surface area contributed by atoms with Crippen LogP contribution in [0.4, 0.5) is 10.1 Å². The number of hydrogen-bond donors (Lipinski definition) is 1. The molecule has 4 heteroatoms. The van der Waals surface area contributed by atoms with E-state index >= 15 is 0 Å². The third-order valence-corrected chi connectivity index (χ3v) is 1.55. The number of aromatic nitrogens is 1. The number of carbonyl (C=O) groups excluding carboxylic acids is 1. The lowest BCUT2D eigenvalue weighted by Gasteiger charge is -2.07. The number of nitrogens with one attached hydrogen (secondary N) is 1. The van der Waals surface area contributed by atoms with Gasteiger partial charge in [0.15, 0.2) is 5.82 Å². The van der Waals surface area contributed by atoms with E-state index in [4.69, 9.17) is 0 Å². The second kappa shape index (κ2) is 3.98.